The summed E-state index contributed by atoms with van der Waals surface area (Å²) in [6, 6.07) is 6.15. The Hall–Kier alpha value is -1.90. The summed E-state index contributed by atoms with van der Waals surface area (Å²) in [7, 11) is 1.71. The normalized spacial score (nSPS) is 15.5. The molecule has 0 aliphatic carbocycles. The highest BCUT2D eigenvalue weighted by atomic mass is 16.5. The van der Waals surface area contributed by atoms with E-state index >= 15 is 0 Å². The highest BCUT2D eigenvalue weighted by molar-refractivity contribution is 5.94. The van der Waals surface area contributed by atoms with Gasteiger partial charge in [-0.05, 0) is 24.6 Å². The number of hydrogen-bond donors (Lipinski definition) is 1. The topological polar surface area (TPSA) is 28.3 Å². The third kappa shape index (κ3) is 1.78. The molecule has 0 saturated carbocycles. The molecular weight excluding hydrogens is 212 g/mol. The average Bonchev–Trinajstić information content (AvgIpc) is 2.82. The molecule has 0 saturated heterocycles. The number of anilines is 1. The van der Waals surface area contributed by atoms with Crippen molar-refractivity contribution in [2.45, 2.75) is 6.42 Å². The Morgan fingerprint density at radius 3 is 3.00 bits per heavy atom. The van der Waals surface area contributed by atoms with Gasteiger partial charge in [0.25, 0.3) is 0 Å². The van der Waals surface area contributed by atoms with Crippen LogP contribution in [0.25, 0.3) is 10.9 Å². The Morgan fingerprint density at radius 2 is 2.24 bits per heavy atom. The first kappa shape index (κ1) is 10.3. The zero-order valence-electron chi connectivity index (χ0n) is 9.94. The van der Waals surface area contributed by atoms with Crippen molar-refractivity contribution in [2.24, 2.45) is 0 Å². The molecular formula is C14H16N2O. The van der Waals surface area contributed by atoms with Crippen LogP contribution in [0.3, 0.4) is 0 Å². The summed E-state index contributed by atoms with van der Waals surface area (Å²) < 4.78 is 5.29. The van der Waals surface area contributed by atoms with Crippen LogP contribution in [0.5, 0.6) is 5.75 Å². The Kier molecular flexibility index (Phi) is 2.52. The van der Waals surface area contributed by atoms with E-state index in [0.29, 0.717) is 0 Å². The van der Waals surface area contributed by atoms with Crippen LogP contribution >= 0.6 is 0 Å². The molecule has 17 heavy (non-hydrogen) atoms. The fourth-order valence-electron chi connectivity index (χ4n) is 2.33. The van der Waals surface area contributed by atoms with Crippen LogP contribution in [-0.4, -0.2) is 25.2 Å². The van der Waals surface area contributed by atoms with E-state index < -0.39 is 0 Å². The minimum absolute atomic E-state index is 0.908. The standard InChI is InChI=1S/C14H16N2O/c1-17-11-5-6-13-12(9-11)14(10-15-13)16-7-3-2-4-8-16/h2-3,5-6,9-10,15H,4,7-8H2,1H3. The second kappa shape index (κ2) is 4.17. The lowest BCUT2D eigenvalue weighted by atomic mass is 10.2. The number of fused-ring (bicyclic) bond motifs is 1. The predicted octanol–water partition coefficient (Wildman–Crippen LogP) is 2.94. The molecule has 1 aromatic carbocycles. The molecule has 3 rings (SSSR count). The van der Waals surface area contributed by atoms with Gasteiger partial charge in [-0.15, -0.1) is 0 Å². The number of H-pyrrole nitrogens is 1. The maximum atomic E-state index is 5.29. The van der Waals surface area contributed by atoms with Crippen molar-refractivity contribution in [3.05, 3.63) is 36.5 Å². The molecule has 2 heterocycles. The SMILES string of the molecule is COc1ccc2[nH]cc(N3CC=CCC3)c2c1. The van der Waals surface area contributed by atoms with E-state index in [2.05, 4.69) is 40.4 Å². The first-order chi connectivity index (χ1) is 8.38. The van der Waals surface area contributed by atoms with Crippen LogP contribution in [0.4, 0.5) is 5.69 Å². The third-order valence-corrected chi connectivity index (χ3v) is 3.27. The molecule has 1 N–H and O–H groups in total. The number of nitrogens with one attached hydrogen (secondary N) is 1. The minimum atomic E-state index is 0.908. The van der Waals surface area contributed by atoms with Crippen molar-refractivity contribution < 1.29 is 4.74 Å². The first-order valence-corrected chi connectivity index (χ1v) is 5.93. The highest BCUT2D eigenvalue weighted by Gasteiger charge is 2.12. The molecule has 3 nitrogen and oxygen atoms in total. The van der Waals surface area contributed by atoms with Crippen LogP contribution in [-0.2, 0) is 0 Å². The molecule has 1 aliphatic heterocycles. The zero-order valence-corrected chi connectivity index (χ0v) is 9.94. The number of ether oxygens (including phenoxy) is 1. The van der Waals surface area contributed by atoms with Crippen molar-refractivity contribution in [3.8, 4) is 5.75 Å². The average molecular weight is 228 g/mol. The van der Waals surface area contributed by atoms with Gasteiger partial charge in [0, 0.05) is 30.2 Å². The third-order valence-electron chi connectivity index (χ3n) is 3.27. The first-order valence-electron chi connectivity index (χ1n) is 5.93. The zero-order chi connectivity index (χ0) is 11.7. The second-order valence-electron chi connectivity index (χ2n) is 4.29. The lowest BCUT2D eigenvalue weighted by Gasteiger charge is -2.24. The summed E-state index contributed by atoms with van der Waals surface area (Å²) in [4.78, 5) is 5.70. The van der Waals surface area contributed by atoms with Gasteiger partial charge in [0.15, 0.2) is 0 Å². The number of nitrogens with zero attached hydrogens (tertiary/aromatic N) is 1. The van der Waals surface area contributed by atoms with E-state index in [9.17, 15) is 0 Å². The van der Waals surface area contributed by atoms with E-state index in [1.54, 1.807) is 7.11 Å². The monoisotopic (exact) mass is 228 g/mol. The van der Waals surface area contributed by atoms with Gasteiger partial charge in [0.1, 0.15) is 5.75 Å². The van der Waals surface area contributed by atoms with Crippen LogP contribution in [0.1, 0.15) is 6.42 Å². The van der Waals surface area contributed by atoms with Gasteiger partial charge in [-0.3, -0.25) is 0 Å². The van der Waals surface area contributed by atoms with Crippen molar-refractivity contribution in [2.75, 3.05) is 25.1 Å². The Bertz CT molecular complexity index is 556. The minimum Gasteiger partial charge on any atom is -0.497 e. The number of hydrogen-bond acceptors (Lipinski definition) is 2. The lowest BCUT2D eigenvalue weighted by molar-refractivity contribution is 0.415. The van der Waals surface area contributed by atoms with Gasteiger partial charge in [0.05, 0.1) is 12.8 Å². The Labute approximate surface area is 101 Å². The molecule has 2 aromatic rings. The van der Waals surface area contributed by atoms with E-state index in [-0.39, 0.29) is 0 Å². The van der Waals surface area contributed by atoms with Crippen molar-refractivity contribution in [1.82, 2.24) is 4.98 Å². The number of benzene rings is 1. The molecule has 1 aromatic heterocycles. The van der Waals surface area contributed by atoms with Crippen molar-refractivity contribution >= 4 is 16.6 Å². The summed E-state index contributed by atoms with van der Waals surface area (Å²) >= 11 is 0. The number of rotatable bonds is 2. The van der Waals surface area contributed by atoms with Gasteiger partial charge >= 0.3 is 0 Å². The van der Waals surface area contributed by atoms with Crippen LogP contribution in [0.15, 0.2) is 36.5 Å². The van der Waals surface area contributed by atoms with Gasteiger partial charge < -0.3 is 14.6 Å². The maximum Gasteiger partial charge on any atom is 0.119 e. The largest absolute Gasteiger partial charge is 0.497 e. The van der Waals surface area contributed by atoms with Crippen LogP contribution in [0.2, 0.25) is 0 Å². The van der Waals surface area contributed by atoms with E-state index in [0.717, 1.165) is 30.8 Å². The predicted molar refractivity (Wildman–Crippen MR) is 70.8 cm³/mol. The van der Waals surface area contributed by atoms with Gasteiger partial charge in [-0.1, -0.05) is 12.2 Å². The molecule has 0 bridgehead atoms. The van der Waals surface area contributed by atoms with Gasteiger partial charge in [0.2, 0.25) is 0 Å². The summed E-state index contributed by atoms with van der Waals surface area (Å²) in [5.41, 5.74) is 2.43. The van der Waals surface area contributed by atoms with Crippen LogP contribution in [0, 0.1) is 0 Å². The summed E-state index contributed by atoms with van der Waals surface area (Å²) in [5.74, 6) is 0.908. The Balaban J connectivity index is 2.06. The molecule has 1 aliphatic rings. The van der Waals surface area contributed by atoms with Crippen molar-refractivity contribution in [3.63, 3.8) is 0 Å². The van der Waals surface area contributed by atoms with Crippen molar-refractivity contribution in [1.29, 1.82) is 0 Å². The number of methoxy groups -OCH3 is 1. The van der Waals surface area contributed by atoms with E-state index in [1.807, 2.05) is 6.07 Å². The molecule has 0 amide bonds. The number of aromatic nitrogens is 1. The summed E-state index contributed by atoms with van der Waals surface area (Å²) in [6.07, 6.45) is 7.67. The molecule has 0 radical (unpaired) electrons. The second-order valence-corrected chi connectivity index (χ2v) is 4.29. The van der Waals surface area contributed by atoms with Gasteiger partial charge in [-0.25, -0.2) is 0 Å². The quantitative estimate of drug-likeness (QED) is 0.800. The fraction of sp³-hybridized carbons (Fsp3) is 0.286. The molecule has 0 spiro atoms. The number of aromatic amines is 1. The van der Waals surface area contributed by atoms with E-state index in [1.165, 1.54) is 11.1 Å². The maximum absolute atomic E-state index is 5.29. The molecule has 0 unspecified atom stereocenters. The van der Waals surface area contributed by atoms with Gasteiger partial charge in [-0.2, -0.15) is 0 Å². The highest BCUT2D eigenvalue weighted by Crippen LogP contribution is 2.30. The fourth-order valence-corrected chi connectivity index (χ4v) is 2.33. The lowest BCUT2D eigenvalue weighted by Crippen LogP contribution is -2.26. The molecule has 3 heteroatoms. The molecule has 0 fully saturated rings. The Morgan fingerprint density at radius 1 is 1.29 bits per heavy atom. The van der Waals surface area contributed by atoms with Crippen LogP contribution < -0.4 is 9.64 Å². The smallest absolute Gasteiger partial charge is 0.119 e. The van der Waals surface area contributed by atoms with E-state index in [4.69, 9.17) is 4.74 Å². The molecule has 0 atom stereocenters. The summed E-state index contributed by atoms with van der Waals surface area (Å²) in [6.45, 7) is 2.07. The molecule has 88 valence electrons. The summed E-state index contributed by atoms with van der Waals surface area (Å²) in [5, 5.41) is 1.24.